The topological polar surface area (TPSA) is 27.6 Å². The summed E-state index contributed by atoms with van der Waals surface area (Å²) in [5.41, 5.74) is 5.16. The molecule has 0 fully saturated rings. The zero-order chi connectivity index (χ0) is 10.1. The van der Waals surface area contributed by atoms with Gasteiger partial charge in [-0.05, 0) is 24.6 Å². The van der Waals surface area contributed by atoms with Crippen LogP contribution in [-0.2, 0) is 0 Å². The number of hydrogen-bond donors (Lipinski definition) is 1. The van der Waals surface area contributed by atoms with Gasteiger partial charge in [0.2, 0.25) is 0 Å². The summed E-state index contributed by atoms with van der Waals surface area (Å²) in [5.74, 6) is -0.213. The van der Waals surface area contributed by atoms with Crippen LogP contribution in [-0.4, -0.2) is 17.9 Å². The molecule has 0 spiro atoms. The number of hydrazone groups is 1. The van der Waals surface area contributed by atoms with E-state index in [1.807, 2.05) is 14.0 Å². The van der Waals surface area contributed by atoms with Crippen LogP contribution in [0.5, 0.6) is 0 Å². The van der Waals surface area contributed by atoms with Crippen molar-refractivity contribution in [2.24, 2.45) is 5.10 Å². The molecule has 1 unspecified atom stereocenters. The second-order valence-corrected chi connectivity index (χ2v) is 3.38. The largest absolute Gasteiger partial charge is 0.232 e. The third kappa shape index (κ3) is 1.61. The van der Waals surface area contributed by atoms with E-state index in [-0.39, 0.29) is 11.9 Å². The van der Waals surface area contributed by atoms with Gasteiger partial charge in [-0.3, -0.25) is 0 Å². The van der Waals surface area contributed by atoms with Crippen LogP contribution in [0.25, 0.3) is 0 Å². The Morgan fingerprint density at radius 1 is 1.36 bits per heavy atom. The minimum Gasteiger partial charge on any atom is -0.232 e. The van der Waals surface area contributed by atoms with Crippen LogP contribution in [0.4, 0.5) is 4.39 Å². The van der Waals surface area contributed by atoms with Gasteiger partial charge >= 0.3 is 0 Å². The molecule has 74 valence electrons. The molecule has 1 aliphatic heterocycles. The van der Waals surface area contributed by atoms with Crippen LogP contribution >= 0.6 is 0 Å². The van der Waals surface area contributed by atoms with E-state index >= 15 is 0 Å². The molecule has 0 amide bonds. The van der Waals surface area contributed by atoms with Crippen molar-refractivity contribution in [1.82, 2.24) is 10.5 Å². The summed E-state index contributed by atoms with van der Waals surface area (Å²) in [6.07, 6.45) is 0. The van der Waals surface area contributed by atoms with Gasteiger partial charge in [0, 0.05) is 7.05 Å². The molecule has 3 nitrogen and oxygen atoms in total. The fourth-order valence-corrected chi connectivity index (χ4v) is 1.57. The fraction of sp³-hybridized carbons (Fsp3) is 0.300. The molecule has 1 aromatic rings. The maximum Gasteiger partial charge on any atom is 0.123 e. The summed E-state index contributed by atoms with van der Waals surface area (Å²) in [5, 5.41) is 5.88. The lowest BCUT2D eigenvalue weighted by atomic mass is 10.0. The van der Waals surface area contributed by atoms with Crippen molar-refractivity contribution in [3.8, 4) is 0 Å². The summed E-state index contributed by atoms with van der Waals surface area (Å²) in [6.45, 7) is 1.95. The van der Waals surface area contributed by atoms with Gasteiger partial charge in [0.05, 0.1) is 11.8 Å². The van der Waals surface area contributed by atoms with Gasteiger partial charge in [-0.15, -0.1) is 0 Å². The summed E-state index contributed by atoms with van der Waals surface area (Å²) < 4.78 is 12.7. The predicted molar refractivity (Wildman–Crippen MR) is 53.1 cm³/mol. The zero-order valence-electron chi connectivity index (χ0n) is 8.16. The first kappa shape index (κ1) is 9.15. The molecule has 0 aromatic heterocycles. The van der Waals surface area contributed by atoms with Gasteiger partial charge < -0.3 is 0 Å². The highest BCUT2D eigenvalue weighted by atomic mass is 19.1. The third-order valence-electron chi connectivity index (χ3n) is 2.24. The Morgan fingerprint density at radius 2 is 2.00 bits per heavy atom. The number of hydrogen-bond acceptors (Lipinski definition) is 3. The third-order valence-corrected chi connectivity index (χ3v) is 2.24. The zero-order valence-corrected chi connectivity index (χ0v) is 8.16. The number of rotatable bonds is 1. The highest BCUT2D eigenvalue weighted by Gasteiger charge is 2.21. The number of nitrogens with zero attached hydrogens (tertiary/aromatic N) is 2. The Kier molecular flexibility index (Phi) is 2.21. The highest BCUT2D eigenvalue weighted by Crippen LogP contribution is 2.19. The molecule has 14 heavy (non-hydrogen) atoms. The monoisotopic (exact) mass is 193 g/mol. The molecular weight excluding hydrogens is 181 g/mol. The number of benzene rings is 1. The highest BCUT2D eigenvalue weighted by molar-refractivity contribution is 5.89. The number of halogens is 1. The molecule has 1 heterocycles. The van der Waals surface area contributed by atoms with Gasteiger partial charge in [-0.1, -0.05) is 12.1 Å². The molecule has 1 aromatic carbocycles. The molecule has 1 atom stereocenters. The van der Waals surface area contributed by atoms with E-state index < -0.39 is 0 Å². The van der Waals surface area contributed by atoms with E-state index in [9.17, 15) is 4.39 Å². The predicted octanol–water partition coefficient (Wildman–Crippen LogP) is 1.69. The van der Waals surface area contributed by atoms with Crippen molar-refractivity contribution in [2.75, 3.05) is 7.05 Å². The van der Waals surface area contributed by atoms with Crippen molar-refractivity contribution < 1.29 is 4.39 Å². The second kappa shape index (κ2) is 3.38. The van der Waals surface area contributed by atoms with Crippen LogP contribution in [0.2, 0.25) is 0 Å². The summed E-state index contributed by atoms with van der Waals surface area (Å²) in [6, 6.07) is 6.53. The van der Waals surface area contributed by atoms with E-state index in [4.69, 9.17) is 0 Å². The molecular formula is C10H12FN3. The lowest BCUT2D eigenvalue weighted by Crippen LogP contribution is -2.28. The molecule has 0 bridgehead atoms. The first-order chi connectivity index (χ1) is 6.66. The van der Waals surface area contributed by atoms with Crippen molar-refractivity contribution in [3.63, 3.8) is 0 Å². The fourth-order valence-electron chi connectivity index (χ4n) is 1.57. The van der Waals surface area contributed by atoms with E-state index in [2.05, 4.69) is 10.5 Å². The van der Waals surface area contributed by atoms with Gasteiger partial charge in [0.15, 0.2) is 0 Å². The summed E-state index contributed by atoms with van der Waals surface area (Å²) >= 11 is 0. The van der Waals surface area contributed by atoms with E-state index in [0.717, 1.165) is 11.3 Å². The maximum atomic E-state index is 12.7. The molecule has 0 saturated heterocycles. The van der Waals surface area contributed by atoms with Crippen molar-refractivity contribution in [1.29, 1.82) is 0 Å². The smallest absolute Gasteiger partial charge is 0.123 e. The standard InChI is InChI=1S/C10H12FN3/c1-7-10(13-14(2)12-7)8-3-5-9(11)6-4-8/h3-6,10,13H,1-2H3. The van der Waals surface area contributed by atoms with Crippen LogP contribution < -0.4 is 5.43 Å². The Balaban J connectivity index is 2.25. The normalized spacial score (nSPS) is 21.2. The molecule has 0 radical (unpaired) electrons. The summed E-state index contributed by atoms with van der Waals surface area (Å²) in [7, 11) is 1.84. The molecule has 1 N–H and O–H groups in total. The minimum atomic E-state index is -0.213. The maximum absolute atomic E-state index is 12.7. The second-order valence-electron chi connectivity index (χ2n) is 3.38. The molecule has 0 aliphatic carbocycles. The minimum absolute atomic E-state index is 0.0700. The van der Waals surface area contributed by atoms with Crippen LogP contribution in [0.3, 0.4) is 0 Å². The molecule has 0 saturated carbocycles. The van der Waals surface area contributed by atoms with Gasteiger partial charge in [-0.2, -0.15) is 5.10 Å². The SMILES string of the molecule is CC1=NN(C)NC1c1ccc(F)cc1. The van der Waals surface area contributed by atoms with E-state index in [1.54, 1.807) is 17.3 Å². The average Bonchev–Trinajstić information content (AvgIpc) is 2.47. The first-order valence-electron chi connectivity index (χ1n) is 4.47. The van der Waals surface area contributed by atoms with Gasteiger partial charge in [-0.25, -0.2) is 14.9 Å². The van der Waals surface area contributed by atoms with Crippen molar-refractivity contribution >= 4 is 5.71 Å². The Hall–Kier alpha value is -1.42. The lowest BCUT2D eigenvalue weighted by Gasteiger charge is -2.13. The average molecular weight is 193 g/mol. The van der Waals surface area contributed by atoms with Crippen LogP contribution in [0, 0.1) is 5.82 Å². The molecule has 4 heteroatoms. The Morgan fingerprint density at radius 3 is 2.50 bits per heavy atom. The number of hydrazine groups is 1. The molecule has 1 aliphatic rings. The van der Waals surface area contributed by atoms with E-state index in [0.29, 0.717) is 0 Å². The Bertz CT molecular complexity index is 358. The number of nitrogens with one attached hydrogen (secondary N) is 1. The lowest BCUT2D eigenvalue weighted by molar-refractivity contribution is 0.263. The summed E-state index contributed by atoms with van der Waals surface area (Å²) in [4.78, 5) is 0. The Labute approximate surface area is 82.2 Å². The quantitative estimate of drug-likeness (QED) is 0.735. The van der Waals surface area contributed by atoms with Gasteiger partial charge in [0.1, 0.15) is 5.82 Å². The van der Waals surface area contributed by atoms with Gasteiger partial charge in [0.25, 0.3) is 0 Å². The van der Waals surface area contributed by atoms with E-state index in [1.165, 1.54) is 12.1 Å². The van der Waals surface area contributed by atoms with Crippen LogP contribution in [0.15, 0.2) is 29.4 Å². The van der Waals surface area contributed by atoms with Crippen LogP contribution in [0.1, 0.15) is 18.5 Å². The van der Waals surface area contributed by atoms with Crippen molar-refractivity contribution in [2.45, 2.75) is 13.0 Å². The van der Waals surface area contributed by atoms with Crippen molar-refractivity contribution in [3.05, 3.63) is 35.6 Å². The molecule has 2 rings (SSSR count). The first-order valence-corrected chi connectivity index (χ1v) is 4.47.